The van der Waals surface area contributed by atoms with Crippen molar-refractivity contribution in [2.75, 3.05) is 0 Å². The van der Waals surface area contributed by atoms with Crippen LogP contribution in [0.25, 0.3) is 0 Å². The monoisotopic (exact) mass is 466 g/mol. The van der Waals surface area contributed by atoms with Crippen LogP contribution in [0.2, 0.25) is 0 Å². The maximum Gasteiger partial charge on any atom is 0.306 e. The van der Waals surface area contributed by atoms with Gasteiger partial charge < -0.3 is 24.4 Å². The van der Waals surface area contributed by atoms with Crippen molar-refractivity contribution in [1.29, 1.82) is 0 Å². The van der Waals surface area contributed by atoms with E-state index in [1.54, 1.807) is 6.92 Å². The molecule has 0 spiro atoms. The van der Waals surface area contributed by atoms with Gasteiger partial charge in [0.25, 0.3) is 0 Å². The minimum Gasteiger partial charge on any atom is -0.456 e. The SMILES string of the molecule is CC[C@@H](C)CC(=O)O[C@H]1[C@@H](O)[C@@H](C)O[C@@H](O[C@@](C)(CCC=C(C)C)[C@@H]2CC=C(C)CC2)[C@@H]1O. The summed E-state index contributed by atoms with van der Waals surface area (Å²) in [4.78, 5) is 12.4. The zero-order valence-corrected chi connectivity index (χ0v) is 21.7. The summed E-state index contributed by atoms with van der Waals surface area (Å²) >= 11 is 0. The molecule has 190 valence electrons. The number of aliphatic hydroxyl groups excluding tert-OH is 2. The molecule has 1 saturated heterocycles. The molecule has 0 bridgehead atoms. The van der Waals surface area contributed by atoms with Gasteiger partial charge in [-0.15, -0.1) is 0 Å². The molecule has 0 unspecified atom stereocenters. The van der Waals surface area contributed by atoms with E-state index in [4.69, 9.17) is 14.2 Å². The summed E-state index contributed by atoms with van der Waals surface area (Å²) in [6.07, 6.45) is 5.16. The highest BCUT2D eigenvalue weighted by Gasteiger charge is 2.49. The van der Waals surface area contributed by atoms with Gasteiger partial charge in [-0.25, -0.2) is 0 Å². The van der Waals surface area contributed by atoms with E-state index >= 15 is 0 Å². The van der Waals surface area contributed by atoms with Crippen molar-refractivity contribution < 1.29 is 29.2 Å². The lowest BCUT2D eigenvalue weighted by Gasteiger charge is -2.47. The van der Waals surface area contributed by atoms with Crippen LogP contribution in [0.5, 0.6) is 0 Å². The van der Waals surface area contributed by atoms with Gasteiger partial charge in [-0.2, -0.15) is 0 Å². The molecule has 2 N–H and O–H groups in total. The second-order valence-corrected chi connectivity index (χ2v) is 10.6. The number of carbonyl (C=O) groups excluding carboxylic acids is 1. The minimum absolute atomic E-state index is 0.178. The van der Waals surface area contributed by atoms with E-state index in [0.717, 1.165) is 38.5 Å². The van der Waals surface area contributed by atoms with Crippen LogP contribution in [-0.2, 0) is 19.0 Å². The lowest BCUT2D eigenvalue weighted by molar-refractivity contribution is -0.327. The van der Waals surface area contributed by atoms with Crippen LogP contribution in [0.15, 0.2) is 23.3 Å². The molecule has 0 aromatic carbocycles. The van der Waals surface area contributed by atoms with Crippen molar-refractivity contribution in [2.24, 2.45) is 11.8 Å². The van der Waals surface area contributed by atoms with Gasteiger partial charge in [-0.1, -0.05) is 43.6 Å². The molecular formula is C27H46O6. The number of aliphatic hydroxyl groups is 2. The smallest absolute Gasteiger partial charge is 0.306 e. The second kappa shape index (κ2) is 12.5. The van der Waals surface area contributed by atoms with Gasteiger partial charge in [0.05, 0.1) is 11.7 Å². The van der Waals surface area contributed by atoms with Crippen LogP contribution in [0.1, 0.15) is 93.4 Å². The van der Waals surface area contributed by atoms with E-state index in [9.17, 15) is 15.0 Å². The van der Waals surface area contributed by atoms with Crippen molar-refractivity contribution in [3.8, 4) is 0 Å². The Hall–Kier alpha value is -1.21. The van der Waals surface area contributed by atoms with Crippen molar-refractivity contribution in [2.45, 2.75) is 130 Å². The van der Waals surface area contributed by atoms with Crippen LogP contribution in [-0.4, -0.2) is 52.5 Å². The van der Waals surface area contributed by atoms with Gasteiger partial charge in [0.15, 0.2) is 12.4 Å². The number of esters is 1. The molecular weight excluding hydrogens is 420 g/mol. The molecule has 33 heavy (non-hydrogen) atoms. The molecule has 1 fully saturated rings. The normalized spacial score (nSPS) is 32.9. The molecule has 0 amide bonds. The molecule has 0 radical (unpaired) electrons. The quantitative estimate of drug-likeness (QED) is 0.345. The van der Waals surface area contributed by atoms with Crippen molar-refractivity contribution in [3.05, 3.63) is 23.3 Å². The lowest BCUT2D eigenvalue weighted by atomic mass is 9.76. The first-order chi connectivity index (χ1) is 15.5. The topological polar surface area (TPSA) is 85.2 Å². The Kier molecular flexibility index (Phi) is 10.6. The van der Waals surface area contributed by atoms with E-state index < -0.39 is 42.3 Å². The largest absolute Gasteiger partial charge is 0.456 e. The summed E-state index contributed by atoms with van der Waals surface area (Å²) < 4.78 is 18.0. The Bertz CT molecular complexity index is 697. The summed E-state index contributed by atoms with van der Waals surface area (Å²) in [5, 5.41) is 21.7. The van der Waals surface area contributed by atoms with Gasteiger partial charge in [0, 0.05) is 6.42 Å². The predicted octanol–water partition coefficient (Wildman–Crippen LogP) is 5.07. The minimum atomic E-state index is -1.26. The first-order valence-corrected chi connectivity index (χ1v) is 12.6. The highest BCUT2D eigenvalue weighted by Crippen LogP contribution is 2.40. The van der Waals surface area contributed by atoms with Gasteiger partial charge >= 0.3 is 5.97 Å². The zero-order valence-electron chi connectivity index (χ0n) is 21.7. The fraction of sp³-hybridized carbons (Fsp3) is 0.815. The van der Waals surface area contributed by atoms with E-state index in [2.05, 4.69) is 39.8 Å². The van der Waals surface area contributed by atoms with Crippen LogP contribution in [0.3, 0.4) is 0 Å². The first kappa shape index (κ1) is 28.0. The maximum absolute atomic E-state index is 12.4. The van der Waals surface area contributed by atoms with Crippen LogP contribution >= 0.6 is 0 Å². The lowest BCUT2D eigenvalue weighted by Crippen LogP contribution is -2.61. The predicted molar refractivity (Wildman–Crippen MR) is 130 cm³/mol. The molecule has 0 aromatic heterocycles. The number of ether oxygens (including phenoxy) is 3. The standard InChI is InChI=1S/C27H46O6/c1-8-18(4)16-22(28)32-25-23(29)20(6)31-26(24(25)30)33-27(7,15-9-10-17(2)3)21-13-11-19(5)12-14-21/h10-11,18,20-21,23-26,29-30H,8-9,12-16H2,1-7H3/t18-,20-,21-,23+,24-,25+,26+,27+/m1/s1. The van der Waals surface area contributed by atoms with Gasteiger partial charge in [0.1, 0.15) is 12.2 Å². The van der Waals surface area contributed by atoms with Crippen molar-refractivity contribution in [3.63, 3.8) is 0 Å². The molecule has 2 aliphatic rings. The van der Waals surface area contributed by atoms with Crippen LogP contribution in [0.4, 0.5) is 0 Å². The number of hydrogen-bond acceptors (Lipinski definition) is 6. The number of rotatable bonds is 10. The molecule has 0 aromatic rings. The Morgan fingerprint density at radius 2 is 2.03 bits per heavy atom. The third kappa shape index (κ3) is 7.91. The summed E-state index contributed by atoms with van der Waals surface area (Å²) in [6.45, 7) is 14.1. The summed E-state index contributed by atoms with van der Waals surface area (Å²) in [7, 11) is 0. The maximum atomic E-state index is 12.4. The summed E-state index contributed by atoms with van der Waals surface area (Å²) in [6, 6.07) is 0. The molecule has 8 atom stereocenters. The Balaban J connectivity index is 2.19. The third-order valence-corrected chi connectivity index (χ3v) is 7.34. The van der Waals surface area contributed by atoms with Crippen molar-refractivity contribution >= 4 is 5.97 Å². The summed E-state index contributed by atoms with van der Waals surface area (Å²) in [5.74, 6) is 0.0490. The Labute approximate surface area is 200 Å². The van der Waals surface area contributed by atoms with Gasteiger partial charge in [-0.3, -0.25) is 4.79 Å². The summed E-state index contributed by atoms with van der Waals surface area (Å²) in [5.41, 5.74) is 2.13. The van der Waals surface area contributed by atoms with Crippen molar-refractivity contribution in [1.82, 2.24) is 0 Å². The van der Waals surface area contributed by atoms with E-state index in [1.165, 1.54) is 11.1 Å². The van der Waals surface area contributed by atoms with Crippen LogP contribution in [0, 0.1) is 11.8 Å². The molecule has 0 saturated carbocycles. The third-order valence-electron chi connectivity index (χ3n) is 7.34. The van der Waals surface area contributed by atoms with E-state index in [1.807, 2.05) is 13.8 Å². The first-order valence-electron chi connectivity index (χ1n) is 12.6. The molecule has 2 rings (SSSR count). The zero-order chi connectivity index (χ0) is 24.8. The highest BCUT2D eigenvalue weighted by atomic mass is 16.7. The van der Waals surface area contributed by atoms with E-state index in [0.29, 0.717) is 0 Å². The average molecular weight is 467 g/mol. The molecule has 1 heterocycles. The fourth-order valence-electron chi connectivity index (χ4n) is 4.65. The average Bonchev–Trinajstić information content (AvgIpc) is 2.75. The fourth-order valence-corrected chi connectivity index (χ4v) is 4.65. The van der Waals surface area contributed by atoms with Gasteiger partial charge in [-0.05, 0) is 78.6 Å². The highest BCUT2D eigenvalue weighted by molar-refractivity contribution is 5.70. The van der Waals surface area contributed by atoms with Crippen LogP contribution < -0.4 is 0 Å². The molecule has 6 heteroatoms. The van der Waals surface area contributed by atoms with E-state index in [-0.39, 0.29) is 18.3 Å². The number of hydrogen-bond donors (Lipinski definition) is 2. The Morgan fingerprint density at radius 3 is 2.61 bits per heavy atom. The molecule has 6 nitrogen and oxygen atoms in total. The molecule has 1 aliphatic carbocycles. The number of carbonyl (C=O) groups is 1. The Morgan fingerprint density at radius 1 is 1.33 bits per heavy atom. The molecule has 1 aliphatic heterocycles. The number of allylic oxidation sites excluding steroid dienone is 4. The second-order valence-electron chi connectivity index (χ2n) is 10.6. The van der Waals surface area contributed by atoms with Gasteiger partial charge in [0.2, 0.25) is 0 Å².